The fourth-order valence-electron chi connectivity index (χ4n) is 5.57. The first kappa shape index (κ1) is 33.6. The van der Waals surface area contributed by atoms with Gasteiger partial charge in [-0.2, -0.15) is 13.2 Å². The molecule has 0 saturated carbocycles. The Bertz CT molecular complexity index is 1290. The topological polar surface area (TPSA) is 106 Å². The fraction of sp³-hybridized carbons (Fsp3) is 0.516. The third kappa shape index (κ3) is 9.35. The van der Waals surface area contributed by atoms with Gasteiger partial charge >= 0.3 is 12.2 Å². The van der Waals surface area contributed by atoms with Crippen LogP contribution in [0.4, 0.5) is 23.7 Å². The van der Waals surface area contributed by atoms with E-state index in [-0.39, 0.29) is 23.3 Å². The number of benzene rings is 2. The molecule has 240 valence electrons. The highest BCUT2D eigenvalue weighted by Crippen LogP contribution is 2.32. The molecule has 4 N–H and O–H groups in total. The van der Waals surface area contributed by atoms with Crippen molar-refractivity contribution in [3.63, 3.8) is 0 Å². The van der Waals surface area contributed by atoms with E-state index in [1.807, 2.05) is 6.26 Å². The molecule has 2 atom stereocenters. The van der Waals surface area contributed by atoms with Crippen molar-refractivity contribution in [2.45, 2.75) is 62.3 Å². The molecule has 0 aromatic heterocycles. The number of likely N-dealkylation sites (tertiary alicyclic amines) is 2. The van der Waals surface area contributed by atoms with E-state index in [1.54, 1.807) is 16.7 Å². The van der Waals surface area contributed by atoms with Crippen molar-refractivity contribution in [1.82, 2.24) is 25.8 Å². The number of amides is 4. The van der Waals surface area contributed by atoms with Crippen LogP contribution in [0.25, 0.3) is 0 Å². The second-order valence-electron chi connectivity index (χ2n) is 11.2. The first-order valence-corrected chi connectivity index (χ1v) is 16.2. The second-order valence-corrected chi connectivity index (χ2v) is 12.0. The van der Waals surface area contributed by atoms with Crippen LogP contribution in [0.3, 0.4) is 0 Å². The van der Waals surface area contributed by atoms with Gasteiger partial charge in [-0.3, -0.25) is 9.59 Å². The number of nitrogens with zero attached hydrogens (tertiary/aromatic N) is 2. The van der Waals surface area contributed by atoms with Crippen LogP contribution in [0, 0.1) is 0 Å². The summed E-state index contributed by atoms with van der Waals surface area (Å²) in [5, 5.41) is 11.6. The second kappa shape index (κ2) is 15.6. The Morgan fingerprint density at radius 1 is 1.00 bits per heavy atom. The van der Waals surface area contributed by atoms with E-state index < -0.39 is 36.1 Å². The summed E-state index contributed by atoms with van der Waals surface area (Å²) in [5.74, 6) is -1.34. The van der Waals surface area contributed by atoms with E-state index in [2.05, 4.69) is 57.4 Å². The molecule has 2 heterocycles. The third-order valence-electron chi connectivity index (χ3n) is 7.95. The number of nitrogens with one attached hydrogen (secondary N) is 4. The van der Waals surface area contributed by atoms with E-state index in [9.17, 15) is 27.6 Å². The number of urea groups is 1. The van der Waals surface area contributed by atoms with E-state index in [0.29, 0.717) is 32.2 Å². The quantitative estimate of drug-likeness (QED) is 0.271. The molecule has 2 aliphatic heterocycles. The SMILES string of the molecule is CCCN1CC[C@H](NCc2ccc(SC)cc2)[C@H](NC(=O)CNC(=O)c2cc(C(F)(F)F)ccc2NC(=O)N2CCCC2)C1. The van der Waals surface area contributed by atoms with Crippen molar-refractivity contribution in [2.75, 3.05) is 50.8 Å². The number of thioether (sulfide) groups is 1. The number of carbonyl (C=O) groups is 3. The maximum absolute atomic E-state index is 13.5. The van der Waals surface area contributed by atoms with Crippen LogP contribution < -0.4 is 21.3 Å². The lowest BCUT2D eigenvalue weighted by Crippen LogP contribution is -2.60. The molecule has 0 bridgehead atoms. The molecule has 2 saturated heterocycles. The van der Waals surface area contributed by atoms with E-state index in [4.69, 9.17) is 0 Å². The summed E-state index contributed by atoms with van der Waals surface area (Å²) in [4.78, 5) is 43.8. The van der Waals surface area contributed by atoms with Crippen LogP contribution in [-0.4, -0.2) is 85.3 Å². The molecule has 4 amide bonds. The summed E-state index contributed by atoms with van der Waals surface area (Å²) >= 11 is 1.68. The first-order chi connectivity index (χ1) is 21.1. The maximum atomic E-state index is 13.5. The minimum absolute atomic E-state index is 0.00106. The standard InChI is InChI=1S/C31H41F3N6O3S/c1-3-13-39-16-12-26(35-18-21-6-9-23(44-2)10-7-21)27(20-39)37-28(41)19-36-29(42)24-17-22(31(32,33)34)8-11-25(24)38-30(43)40-14-4-5-15-40/h6-11,17,26-27,35H,3-5,12-16,18-20H2,1-2H3,(H,36,42)(H,37,41)(H,38,43)/t26-,27+/m0/s1. The Kier molecular flexibility index (Phi) is 11.9. The van der Waals surface area contributed by atoms with Gasteiger partial charge in [0.1, 0.15) is 0 Å². The maximum Gasteiger partial charge on any atom is 0.416 e. The lowest BCUT2D eigenvalue weighted by molar-refractivity contribution is -0.137. The predicted molar refractivity (Wildman–Crippen MR) is 166 cm³/mol. The van der Waals surface area contributed by atoms with Gasteiger partial charge in [-0.15, -0.1) is 11.8 Å². The molecule has 0 aliphatic carbocycles. The fourth-order valence-corrected chi connectivity index (χ4v) is 5.98. The van der Waals surface area contributed by atoms with Gasteiger partial charge < -0.3 is 31.1 Å². The number of hydrogen-bond acceptors (Lipinski definition) is 6. The Labute approximate surface area is 260 Å². The zero-order valence-corrected chi connectivity index (χ0v) is 26.0. The van der Waals surface area contributed by atoms with Crippen LogP contribution in [-0.2, 0) is 17.5 Å². The van der Waals surface area contributed by atoms with Crippen LogP contribution in [0.5, 0.6) is 0 Å². The first-order valence-electron chi connectivity index (χ1n) is 15.0. The van der Waals surface area contributed by atoms with E-state index in [1.165, 1.54) is 4.90 Å². The zero-order valence-electron chi connectivity index (χ0n) is 25.1. The molecule has 9 nitrogen and oxygen atoms in total. The molecular formula is C31H41F3N6O3S. The molecule has 2 aromatic rings. The molecule has 2 fully saturated rings. The van der Waals surface area contributed by atoms with Gasteiger partial charge in [0.2, 0.25) is 5.91 Å². The van der Waals surface area contributed by atoms with Crippen LogP contribution in [0.1, 0.15) is 54.1 Å². The van der Waals surface area contributed by atoms with Crippen molar-refractivity contribution < 1.29 is 27.6 Å². The predicted octanol–water partition coefficient (Wildman–Crippen LogP) is 4.54. The highest BCUT2D eigenvalue weighted by molar-refractivity contribution is 7.98. The summed E-state index contributed by atoms with van der Waals surface area (Å²) in [6.07, 6.45) is 0.811. The van der Waals surface area contributed by atoms with Crippen LogP contribution in [0.2, 0.25) is 0 Å². The number of anilines is 1. The lowest BCUT2D eigenvalue weighted by atomic mass is 9.98. The molecule has 44 heavy (non-hydrogen) atoms. The zero-order chi connectivity index (χ0) is 31.7. The summed E-state index contributed by atoms with van der Waals surface area (Å²) in [5.41, 5.74) is -0.310. The summed E-state index contributed by atoms with van der Waals surface area (Å²) in [6.45, 7) is 5.79. The van der Waals surface area contributed by atoms with Crippen molar-refractivity contribution in [1.29, 1.82) is 0 Å². The van der Waals surface area contributed by atoms with Crippen LogP contribution >= 0.6 is 11.8 Å². The van der Waals surface area contributed by atoms with Gasteiger partial charge in [0.25, 0.3) is 5.91 Å². The number of rotatable bonds is 11. The van der Waals surface area contributed by atoms with Gasteiger partial charge in [-0.1, -0.05) is 19.1 Å². The van der Waals surface area contributed by atoms with Crippen LogP contribution in [0.15, 0.2) is 47.4 Å². The molecule has 13 heteroatoms. The molecule has 2 aliphatic rings. The Balaban J connectivity index is 1.40. The Hall–Kier alpha value is -3.29. The average molecular weight is 635 g/mol. The number of hydrogen-bond donors (Lipinski definition) is 4. The largest absolute Gasteiger partial charge is 0.416 e. The molecule has 4 rings (SSSR count). The smallest absolute Gasteiger partial charge is 0.349 e. The number of alkyl halides is 3. The Morgan fingerprint density at radius 3 is 2.39 bits per heavy atom. The van der Waals surface area contributed by atoms with Gasteiger partial charge in [0.15, 0.2) is 0 Å². The number of piperidine rings is 1. The monoisotopic (exact) mass is 634 g/mol. The Morgan fingerprint density at radius 2 is 1.73 bits per heavy atom. The number of halogens is 3. The van der Waals surface area contributed by atoms with E-state index >= 15 is 0 Å². The van der Waals surface area contributed by atoms with Gasteiger partial charge in [-0.05, 0) is 80.9 Å². The lowest BCUT2D eigenvalue weighted by Gasteiger charge is -2.39. The molecule has 0 unspecified atom stereocenters. The third-order valence-corrected chi connectivity index (χ3v) is 8.69. The van der Waals surface area contributed by atoms with Gasteiger partial charge in [0.05, 0.1) is 29.4 Å². The van der Waals surface area contributed by atoms with Gasteiger partial charge in [-0.25, -0.2) is 4.79 Å². The van der Waals surface area contributed by atoms with Crippen molar-refractivity contribution in [3.8, 4) is 0 Å². The van der Waals surface area contributed by atoms with E-state index in [0.717, 1.165) is 56.5 Å². The summed E-state index contributed by atoms with van der Waals surface area (Å²) < 4.78 is 40.4. The molecule has 2 aromatic carbocycles. The molecule has 0 radical (unpaired) electrons. The van der Waals surface area contributed by atoms with Crippen molar-refractivity contribution in [3.05, 3.63) is 59.2 Å². The summed E-state index contributed by atoms with van der Waals surface area (Å²) in [6, 6.07) is 10.2. The molecular weight excluding hydrogens is 593 g/mol. The summed E-state index contributed by atoms with van der Waals surface area (Å²) in [7, 11) is 0. The molecule has 0 spiro atoms. The normalized spacial score (nSPS) is 19.1. The van der Waals surface area contributed by atoms with Crippen molar-refractivity contribution >= 4 is 35.3 Å². The number of carbonyl (C=O) groups excluding carboxylic acids is 3. The highest BCUT2D eigenvalue weighted by atomic mass is 32.2. The minimum atomic E-state index is -4.69. The highest BCUT2D eigenvalue weighted by Gasteiger charge is 2.33. The van der Waals surface area contributed by atoms with Gasteiger partial charge in [0, 0.05) is 37.1 Å². The minimum Gasteiger partial charge on any atom is -0.349 e. The average Bonchev–Trinajstić information content (AvgIpc) is 3.55. The van der Waals surface area contributed by atoms with Crippen molar-refractivity contribution in [2.24, 2.45) is 0 Å².